The second-order valence-corrected chi connectivity index (χ2v) is 13.7. The van der Waals surface area contributed by atoms with Gasteiger partial charge in [-0.2, -0.15) is 0 Å². The van der Waals surface area contributed by atoms with Crippen molar-refractivity contribution >= 4 is 5.97 Å². The highest BCUT2D eigenvalue weighted by Crippen LogP contribution is 2.42. The lowest BCUT2D eigenvalue weighted by atomic mass is 9.74. The lowest BCUT2D eigenvalue weighted by molar-refractivity contribution is -0.339. The van der Waals surface area contributed by atoms with Crippen LogP contribution in [0.5, 0.6) is 0 Å². The molecule has 0 aliphatic carbocycles. The van der Waals surface area contributed by atoms with Crippen LogP contribution in [0.4, 0.5) is 0 Å². The van der Waals surface area contributed by atoms with Crippen molar-refractivity contribution < 1.29 is 38.7 Å². The Labute approximate surface area is 236 Å². The molecule has 8 nitrogen and oxygen atoms in total. The Morgan fingerprint density at radius 2 is 1.54 bits per heavy atom. The van der Waals surface area contributed by atoms with E-state index in [4.69, 9.17) is 23.7 Å². The van der Waals surface area contributed by atoms with Gasteiger partial charge in [-0.1, -0.05) is 41.5 Å². The number of aliphatic hydroxyl groups excluding tert-OH is 1. The minimum atomic E-state index is -1.40. The fraction of sp³-hybridized carbons (Fsp3) is 0.968. The van der Waals surface area contributed by atoms with E-state index in [2.05, 4.69) is 27.7 Å². The van der Waals surface area contributed by atoms with Crippen LogP contribution in [0.2, 0.25) is 0 Å². The standard InChI is InChI=1S/C31H56O8/c1-12-24-31(11,34)25-15-23(38-30(9,10)39-25)17(3)13-16(2)19(5)20(6)28(21(7)29(33)36-24)37-26-14-18(4)27(32)22(8)35-26/h16-28,32,34H,12-15H2,1-11H3/t16?,17-,18?,19?,20?,21?,22?,23?,24?,25-,26+,27-,28?,31-/m1/s1. The highest BCUT2D eigenvalue weighted by molar-refractivity contribution is 5.73. The first-order valence-corrected chi connectivity index (χ1v) is 15.3. The number of hydrogen-bond acceptors (Lipinski definition) is 8. The highest BCUT2D eigenvalue weighted by Gasteiger charge is 2.51. The Balaban J connectivity index is 1.96. The van der Waals surface area contributed by atoms with Crippen LogP contribution < -0.4 is 0 Å². The zero-order chi connectivity index (χ0) is 29.4. The number of esters is 1. The van der Waals surface area contributed by atoms with Crippen LogP contribution >= 0.6 is 0 Å². The summed E-state index contributed by atoms with van der Waals surface area (Å²) in [6, 6.07) is 0. The minimum Gasteiger partial charge on any atom is -0.459 e. The number of carbonyl (C=O) groups excluding carboxylic acids is 1. The van der Waals surface area contributed by atoms with E-state index in [1.165, 1.54) is 0 Å². The van der Waals surface area contributed by atoms with Gasteiger partial charge in [0.05, 0.1) is 36.4 Å². The lowest BCUT2D eigenvalue weighted by Gasteiger charge is -2.49. The smallest absolute Gasteiger partial charge is 0.311 e. The monoisotopic (exact) mass is 556 g/mol. The summed E-state index contributed by atoms with van der Waals surface area (Å²) >= 11 is 0. The second-order valence-electron chi connectivity index (χ2n) is 13.7. The summed E-state index contributed by atoms with van der Waals surface area (Å²) < 4.78 is 31.3. The van der Waals surface area contributed by atoms with Gasteiger partial charge in [0.25, 0.3) is 0 Å². The summed E-state index contributed by atoms with van der Waals surface area (Å²) in [5.74, 6) is -0.978. The molecule has 3 aliphatic heterocycles. The molecule has 14 atom stereocenters. The Kier molecular flexibility index (Phi) is 10.6. The maximum absolute atomic E-state index is 13.7. The normalized spacial score (nSPS) is 50.1. The summed E-state index contributed by atoms with van der Waals surface area (Å²) in [5, 5.41) is 22.2. The van der Waals surface area contributed by atoms with Crippen molar-refractivity contribution in [2.75, 3.05) is 0 Å². The molecule has 0 aromatic heterocycles. The van der Waals surface area contributed by atoms with Crippen molar-refractivity contribution in [1.82, 2.24) is 0 Å². The van der Waals surface area contributed by atoms with Gasteiger partial charge in [-0.15, -0.1) is 0 Å². The molecule has 39 heavy (non-hydrogen) atoms. The number of cyclic esters (lactones) is 1. The highest BCUT2D eigenvalue weighted by atomic mass is 16.7. The predicted molar refractivity (Wildman–Crippen MR) is 149 cm³/mol. The van der Waals surface area contributed by atoms with E-state index >= 15 is 0 Å². The molecule has 3 heterocycles. The molecule has 0 radical (unpaired) electrons. The van der Waals surface area contributed by atoms with E-state index in [9.17, 15) is 15.0 Å². The third-order valence-corrected chi connectivity index (χ3v) is 10.0. The average molecular weight is 557 g/mol. The Morgan fingerprint density at radius 1 is 0.897 bits per heavy atom. The summed E-state index contributed by atoms with van der Waals surface area (Å²) in [6.45, 7) is 22.0. The predicted octanol–water partition coefficient (Wildman–Crippen LogP) is 5.07. The summed E-state index contributed by atoms with van der Waals surface area (Å²) in [5.41, 5.74) is -1.40. The Hall–Kier alpha value is -0.770. The van der Waals surface area contributed by atoms with Gasteiger partial charge in [-0.05, 0) is 77.0 Å². The number of aliphatic hydroxyl groups is 2. The van der Waals surface area contributed by atoms with E-state index in [-0.39, 0.29) is 35.9 Å². The Morgan fingerprint density at radius 3 is 2.13 bits per heavy atom. The van der Waals surface area contributed by atoms with Gasteiger partial charge in [-0.25, -0.2) is 0 Å². The molecule has 228 valence electrons. The molecule has 0 spiro atoms. The van der Waals surface area contributed by atoms with Gasteiger partial charge < -0.3 is 33.9 Å². The first-order chi connectivity index (χ1) is 18.0. The van der Waals surface area contributed by atoms with Gasteiger partial charge in [0.15, 0.2) is 12.1 Å². The van der Waals surface area contributed by atoms with Crippen LogP contribution in [0.3, 0.4) is 0 Å². The molecule has 2 bridgehead atoms. The summed E-state index contributed by atoms with van der Waals surface area (Å²) in [7, 11) is 0. The fourth-order valence-electron chi connectivity index (χ4n) is 6.96. The average Bonchev–Trinajstić information content (AvgIpc) is 2.85. The van der Waals surface area contributed by atoms with Crippen molar-refractivity contribution in [3.8, 4) is 0 Å². The van der Waals surface area contributed by atoms with Gasteiger partial charge in [0.2, 0.25) is 0 Å². The molecule has 3 aliphatic rings. The summed E-state index contributed by atoms with van der Waals surface area (Å²) in [4.78, 5) is 13.7. The Bertz CT molecular complexity index is 802. The topological polar surface area (TPSA) is 104 Å². The molecular weight excluding hydrogens is 500 g/mol. The van der Waals surface area contributed by atoms with E-state index in [0.29, 0.717) is 25.2 Å². The van der Waals surface area contributed by atoms with E-state index in [1.54, 1.807) is 6.92 Å². The zero-order valence-corrected chi connectivity index (χ0v) is 26.2. The van der Waals surface area contributed by atoms with Crippen LogP contribution in [-0.2, 0) is 28.5 Å². The number of rotatable bonds is 3. The number of hydrogen-bond donors (Lipinski definition) is 2. The number of fused-ring (bicyclic) bond motifs is 2. The van der Waals surface area contributed by atoms with Crippen molar-refractivity contribution in [3.63, 3.8) is 0 Å². The van der Waals surface area contributed by atoms with Gasteiger partial charge >= 0.3 is 5.97 Å². The molecule has 3 saturated heterocycles. The zero-order valence-electron chi connectivity index (χ0n) is 26.2. The maximum atomic E-state index is 13.7. The first kappa shape index (κ1) is 32.7. The molecule has 0 aromatic rings. The van der Waals surface area contributed by atoms with Crippen molar-refractivity contribution in [3.05, 3.63) is 0 Å². The van der Waals surface area contributed by atoms with Gasteiger partial charge in [-0.3, -0.25) is 4.79 Å². The largest absolute Gasteiger partial charge is 0.459 e. The van der Waals surface area contributed by atoms with Gasteiger partial charge in [0, 0.05) is 12.8 Å². The van der Waals surface area contributed by atoms with E-state index in [1.807, 2.05) is 41.5 Å². The summed E-state index contributed by atoms with van der Waals surface area (Å²) in [6.07, 6.45) is -0.803. The number of ether oxygens (including phenoxy) is 5. The molecule has 0 aromatic carbocycles. The SMILES string of the molecule is CCC1OC(=O)C(C)C(O[C@H]2CC(C)[C@@H](O)C(C)O2)C(C)C(C)C(C)C[C@@H](C)C2C[C@@H](OC(C)(C)O2)[C@]1(C)O. The maximum Gasteiger partial charge on any atom is 0.311 e. The quantitative estimate of drug-likeness (QED) is 0.465. The van der Waals surface area contributed by atoms with E-state index < -0.39 is 54.0 Å². The first-order valence-electron chi connectivity index (χ1n) is 15.3. The molecule has 9 unspecified atom stereocenters. The molecular formula is C31H56O8. The third kappa shape index (κ3) is 7.36. The fourth-order valence-corrected chi connectivity index (χ4v) is 6.96. The number of carbonyl (C=O) groups is 1. The van der Waals surface area contributed by atoms with Crippen molar-refractivity contribution in [1.29, 1.82) is 0 Å². The molecule has 0 amide bonds. The second kappa shape index (κ2) is 12.6. The molecule has 0 saturated carbocycles. The third-order valence-electron chi connectivity index (χ3n) is 10.0. The van der Waals surface area contributed by atoms with Crippen LogP contribution in [0, 0.1) is 35.5 Å². The molecule has 8 heteroatoms. The van der Waals surface area contributed by atoms with E-state index in [0.717, 1.165) is 6.42 Å². The molecule has 2 N–H and O–H groups in total. The van der Waals surface area contributed by atoms with Crippen LogP contribution in [0.15, 0.2) is 0 Å². The van der Waals surface area contributed by atoms with Crippen molar-refractivity contribution in [2.45, 2.75) is 156 Å². The lowest BCUT2D eigenvalue weighted by Crippen LogP contribution is -2.60. The minimum absolute atomic E-state index is 0.0234. The van der Waals surface area contributed by atoms with Crippen LogP contribution in [-0.4, -0.2) is 70.5 Å². The van der Waals surface area contributed by atoms with Crippen LogP contribution in [0.1, 0.15) is 102 Å². The molecule has 3 rings (SSSR count). The van der Waals surface area contributed by atoms with Gasteiger partial charge in [0.1, 0.15) is 11.7 Å². The van der Waals surface area contributed by atoms with Crippen LogP contribution in [0.25, 0.3) is 0 Å². The molecule has 3 fully saturated rings. The van der Waals surface area contributed by atoms with Crippen molar-refractivity contribution in [2.24, 2.45) is 35.5 Å².